The lowest BCUT2D eigenvalue weighted by Gasteiger charge is -2.21. The summed E-state index contributed by atoms with van der Waals surface area (Å²) in [5, 5.41) is 0. The van der Waals surface area contributed by atoms with Gasteiger partial charge in [0.1, 0.15) is 0 Å². The van der Waals surface area contributed by atoms with Crippen molar-refractivity contribution in [3.63, 3.8) is 0 Å². The number of allylic oxidation sites excluding steroid dienone is 3. The molecule has 86 valence electrons. The second kappa shape index (κ2) is 5.10. The van der Waals surface area contributed by atoms with E-state index in [0.717, 1.165) is 6.42 Å². The summed E-state index contributed by atoms with van der Waals surface area (Å²) >= 11 is 0. The molecule has 0 saturated heterocycles. The average Bonchev–Trinajstić information content (AvgIpc) is 2.61. The van der Waals surface area contributed by atoms with Crippen molar-refractivity contribution in [3.05, 3.63) is 23.8 Å². The lowest BCUT2D eigenvalue weighted by Crippen LogP contribution is -2.24. The molecule has 0 aromatic carbocycles. The highest BCUT2D eigenvalue weighted by Gasteiger charge is 2.25. The average molecular weight is 226 g/mol. The molecular formula is C12H22O2Si. The van der Waals surface area contributed by atoms with E-state index in [1.54, 1.807) is 14.2 Å². The maximum Gasteiger partial charge on any atom is 0.160 e. The van der Waals surface area contributed by atoms with Gasteiger partial charge in [0.2, 0.25) is 0 Å². The molecule has 0 N–H and O–H groups in total. The summed E-state index contributed by atoms with van der Waals surface area (Å²) in [5.74, 6) is 0. The molecule has 3 heteroatoms. The molecule has 0 aromatic rings. The predicted octanol–water partition coefficient (Wildman–Crippen LogP) is 3.20. The fourth-order valence-corrected chi connectivity index (χ4v) is 3.09. The fraction of sp³-hybridized carbons (Fsp3) is 0.667. The molecule has 0 heterocycles. The minimum atomic E-state index is -1.08. The van der Waals surface area contributed by atoms with E-state index in [-0.39, 0.29) is 6.29 Å². The molecule has 0 radical (unpaired) electrons. The Balaban J connectivity index is 2.57. The summed E-state index contributed by atoms with van der Waals surface area (Å²) in [6.45, 7) is 7.18. The molecule has 0 aliphatic heterocycles. The van der Waals surface area contributed by atoms with Crippen LogP contribution in [0.15, 0.2) is 23.8 Å². The molecule has 0 amide bonds. The van der Waals surface area contributed by atoms with Gasteiger partial charge < -0.3 is 9.47 Å². The summed E-state index contributed by atoms with van der Waals surface area (Å²) in [4.78, 5) is 0. The van der Waals surface area contributed by atoms with Gasteiger partial charge in [0.15, 0.2) is 6.29 Å². The SMILES string of the molecule is COC(CC1=CC([Si](C)(C)C)C=C1)OC. The third-order valence-corrected chi connectivity index (χ3v) is 5.20. The number of ether oxygens (including phenoxy) is 2. The van der Waals surface area contributed by atoms with Crippen LogP contribution in [0.3, 0.4) is 0 Å². The monoisotopic (exact) mass is 226 g/mol. The predicted molar refractivity (Wildman–Crippen MR) is 66.7 cm³/mol. The number of hydrogen-bond acceptors (Lipinski definition) is 2. The van der Waals surface area contributed by atoms with Crippen LogP contribution in [0, 0.1) is 0 Å². The van der Waals surface area contributed by atoms with Gasteiger partial charge in [-0.2, -0.15) is 0 Å². The van der Waals surface area contributed by atoms with Gasteiger partial charge in [0.05, 0.1) is 8.07 Å². The van der Waals surface area contributed by atoms with Crippen LogP contribution < -0.4 is 0 Å². The van der Waals surface area contributed by atoms with E-state index in [1.165, 1.54) is 5.57 Å². The van der Waals surface area contributed by atoms with Crippen LogP contribution in [0.25, 0.3) is 0 Å². The Morgan fingerprint density at radius 1 is 1.27 bits per heavy atom. The second-order valence-electron chi connectivity index (χ2n) is 5.10. The Morgan fingerprint density at radius 3 is 2.27 bits per heavy atom. The first-order valence-corrected chi connectivity index (χ1v) is 8.99. The molecule has 0 aromatic heterocycles. The number of rotatable bonds is 5. The Hall–Kier alpha value is -0.383. The van der Waals surface area contributed by atoms with E-state index in [4.69, 9.17) is 9.47 Å². The number of methoxy groups -OCH3 is 2. The van der Waals surface area contributed by atoms with Crippen molar-refractivity contribution < 1.29 is 9.47 Å². The topological polar surface area (TPSA) is 18.5 Å². The van der Waals surface area contributed by atoms with Crippen LogP contribution in [0.4, 0.5) is 0 Å². The van der Waals surface area contributed by atoms with E-state index in [1.807, 2.05) is 0 Å². The van der Waals surface area contributed by atoms with Gasteiger partial charge >= 0.3 is 0 Å². The highest BCUT2D eigenvalue weighted by Crippen LogP contribution is 2.32. The van der Waals surface area contributed by atoms with Gasteiger partial charge in [0, 0.05) is 20.6 Å². The second-order valence-corrected chi connectivity index (χ2v) is 10.5. The Labute approximate surface area is 94.0 Å². The van der Waals surface area contributed by atoms with Crippen LogP contribution in [0.1, 0.15) is 6.42 Å². The van der Waals surface area contributed by atoms with E-state index < -0.39 is 8.07 Å². The standard InChI is InChI=1S/C12H22O2Si/c1-13-12(14-2)9-10-6-7-11(8-10)15(3,4)5/h6-8,11-12H,9H2,1-5H3. The third kappa shape index (κ3) is 3.59. The number of hydrogen-bond donors (Lipinski definition) is 0. The highest BCUT2D eigenvalue weighted by atomic mass is 28.3. The third-order valence-electron chi connectivity index (χ3n) is 2.84. The minimum absolute atomic E-state index is 0.110. The highest BCUT2D eigenvalue weighted by molar-refractivity contribution is 6.78. The molecule has 0 fully saturated rings. The van der Waals surface area contributed by atoms with Crippen molar-refractivity contribution in [2.24, 2.45) is 0 Å². The maximum absolute atomic E-state index is 5.20. The molecule has 0 saturated carbocycles. The zero-order chi connectivity index (χ0) is 11.5. The van der Waals surface area contributed by atoms with E-state index in [2.05, 4.69) is 37.9 Å². The smallest absolute Gasteiger partial charge is 0.160 e. The first kappa shape index (κ1) is 12.7. The summed E-state index contributed by atoms with van der Waals surface area (Å²) in [5.41, 5.74) is 2.01. The molecule has 0 spiro atoms. The van der Waals surface area contributed by atoms with Crippen LogP contribution in [-0.2, 0) is 9.47 Å². The Bertz CT molecular complexity index is 259. The van der Waals surface area contributed by atoms with Gasteiger partial charge in [-0.3, -0.25) is 0 Å². The fourth-order valence-electron chi connectivity index (χ4n) is 1.70. The van der Waals surface area contributed by atoms with Crippen molar-refractivity contribution in [1.29, 1.82) is 0 Å². The summed E-state index contributed by atoms with van der Waals surface area (Å²) in [6, 6.07) is 0. The molecule has 1 rings (SSSR count). The lowest BCUT2D eigenvalue weighted by atomic mass is 10.2. The normalized spacial score (nSPS) is 21.2. The molecule has 2 nitrogen and oxygen atoms in total. The van der Waals surface area contributed by atoms with E-state index in [0.29, 0.717) is 5.54 Å². The lowest BCUT2D eigenvalue weighted by molar-refractivity contribution is -0.0997. The molecular weight excluding hydrogens is 204 g/mol. The van der Waals surface area contributed by atoms with Gasteiger partial charge in [-0.25, -0.2) is 0 Å². The summed E-state index contributed by atoms with van der Waals surface area (Å²) < 4.78 is 10.4. The van der Waals surface area contributed by atoms with Crippen LogP contribution in [-0.4, -0.2) is 28.6 Å². The molecule has 15 heavy (non-hydrogen) atoms. The summed E-state index contributed by atoms with van der Waals surface area (Å²) in [6.07, 6.45) is 7.65. The van der Waals surface area contributed by atoms with Crippen molar-refractivity contribution in [3.8, 4) is 0 Å². The zero-order valence-electron chi connectivity index (χ0n) is 10.4. The first-order chi connectivity index (χ1) is 6.97. The minimum Gasteiger partial charge on any atom is -0.356 e. The van der Waals surface area contributed by atoms with Gasteiger partial charge in [0.25, 0.3) is 0 Å². The van der Waals surface area contributed by atoms with Crippen LogP contribution in [0.2, 0.25) is 25.2 Å². The van der Waals surface area contributed by atoms with Crippen LogP contribution >= 0.6 is 0 Å². The van der Waals surface area contributed by atoms with E-state index in [9.17, 15) is 0 Å². The van der Waals surface area contributed by atoms with Crippen molar-refractivity contribution in [2.75, 3.05) is 14.2 Å². The Morgan fingerprint density at radius 2 is 1.87 bits per heavy atom. The van der Waals surface area contributed by atoms with Gasteiger partial charge in [-0.15, -0.1) is 0 Å². The molecule has 0 bridgehead atoms. The molecule has 1 aliphatic carbocycles. The molecule has 1 atom stereocenters. The van der Waals surface area contributed by atoms with Gasteiger partial charge in [-0.05, 0) is 11.1 Å². The summed E-state index contributed by atoms with van der Waals surface area (Å²) in [7, 11) is 2.29. The largest absolute Gasteiger partial charge is 0.356 e. The first-order valence-electron chi connectivity index (χ1n) is 5.42. The van der Waals surface area contributed by atoms with Crippen molar-refractivity contribution in [2.45, 2.75) is 37.9 Å². The van der Waals surface area contributed by atoms with Gasteiger partial charge in [-0.1, -0.05) is 37.9 Å². The van der Waals surface area contributed by atoms with E-state index >= 15 is 0 Å². The van der Waals surface area contributed by atoms with Crippen molar-refractivity contribution >= 4 is 8.07 Å². The quantitative estimate of drug-likeness (QED) is 0.529. The van der Waals surface area contributed by atoms with Crippen molar-refractivity contribution in [1.82, 2.24) is 0 Å². The van der Waals surface area contributed by atoms with Crippen LogP contribution in [0.5, 0.6) is 0 Å². The zero-order valence-corrected chi connectivity index (χ0v) is 11.4. The molecule has 1 unspecified atom stereocenters. The molecule has 1 aliphatic rings. The Kier molecular flexibility index (Phi) is 4.31. The maximum atomic E-state index is 5.20.